The fourth-order valence-corrected chi connectivity index (χ4v) is 2.85. The Hall–Kier alpha value is -2.15. The quantitative estimate of drug-likeness (QED) is 0.929. The van der Waals surface area contributed by atoms with E-state index < -0.39 is 0 Å². The molecule has 1 fully saturated rings. The van der Waals surface area contributed by atoms with Crippen LogP contribution in [0.5, 0.6) is 6.01 Å². The molecule has 2 aromatic rings. The number of ether oxygens (including phenoxy) is 1. The number of carbonyl (C=O) groups is 1. The monoisotopic (exact) mass is 335 g/mol. The first-order valence-electron chi connectivity index (χ1n) is 7.49. The van der Waals surface area contributed by atoms with E-state index in [1.165, 1.54) is 12.4 Å². The minimum Gasteiger partial charge on any atom is -0.458 e. The molecule has 3 rings (SSSR count). The zero-order valence-corrected chi connectivity index (χ0v) is 13.8. The molecular weight excluding hydrogens is 318 g/mol. The smallest absolute Gasteiger partial charge is 0.316 e. The number of amides is 1. The average Bonchev–Trinajstić information content (AvgIpc) is 2.88. The van der Waals surface area contributed by atoms with E-state index in [1.807, 2.05) is 13.8 Å². The van der Waals surface area contributed by atoms with Crippen molar-refractivity contribution in [2.45, 2.75) is 32.8 Å². The Morgan fingerprint density at radius 2 is 2.13 bits per heavy atom. The van der Waals surface area contributed by atoms with Gasteiger partial charge in [-0.05, 0) is 26.7 Å². The SMILES string of the molecule is Cc1n[nH]c(C)c1C(=O)N1CCC[C@H](Oc2ncc(Cl)cn2)C1. The van der Waals surface area contributed by atoms with Gasteiger partial charge in [-0.15, -0.1) is 0 Å². The van der Waals surface area contributed by atoms with Gasteiger partial charge < -0.3 is 9.64 Å². The number of hydrogen-bond acceptors (Lipinski definition) is 5. The van der Waals surface area contributed by atoms with E-state index in [9.17, 15) is 4.79 Å². The molecule has 1 N–H and O–H groups in total. The molecule has 0 radical (unpaired) electrons. The fourth-order valence-electron chi connectivity index (χ4n) is 2.75. The van der Waals surface area contributed by atoms with Crippen LogP contribution >= 0.6 is 11.6 Å². The van der Waals surface area contributed by atoms with Gasteiger partial charge in [0.2, 0.25) is 0 Å². The van der Waals surface area contributed by atoms with Gasteiger partial charge in [0.05, 0.1) is 35.2 Å². The van der Waals surface area contributed by atoms with Crippen LogP contribution in [0.15, 0.2) is 12.4 Å². The molecule has 1 aliphatic heterocycles. The molecular formula is C15H18ClN5O2. The molecule has 0 aromatic carbocycles. The summed E-state index contributed by atoms with van der Waals surface area (Å²) in [6, 6.07) is 0.282. The van der Waals surface area contributed by atoms with Gasteiger partial charge in [-0.3, -0.25) is 9.89 Å². The van der Waals surface area contributed by atoms with Crippen molar-refractivity contribution in [1.82, 2.24) is 25.1 Å². The van der Waals surface area contributed by atoms with E-state index in [4.69, 9.17) is 16.3 Å². The molecule has 1 atom stereocenters. The number of H-pyrrole nitrogens is 1. The highest BCUT2D eigenvalue weighted by atomic mass is 35.5. The molecule has 1 aliphatic rings. The highest BCUT2D eigenvalue weighted by Gasteiger charge is 2.28. The number of rotatable bonds is 3. The second-order valence-corrected chi connectivity index (χ2v) is 6.06. The van der Waals surface area contributed by atoms with Gasteiger partial charge in [-0.25, -0.2) is 9.97 Å². The maximum atomic E-state index is 12.7. The molecule has 0 bridgehead atoms. The Balaban J connectivity index is 1.68. The lowest BCUT2D eigenvalue weighted by molar-refractivity contribution is 0.0514. The highest BCUT2D eigenvalue weighted by molar-refractivity contribution is 6.30. The lowest BCUT2D eigenvalue weighted by atomic mass is 10.1. The largest absolute Gasteiger partial charge is 0.458 e. The van der Waals surface area contributed by atoms with Gasteiger partial charge in [0.1, 0.15) is 6.10 Å². The number of piperidine rings is 1. The van der Waals surface area contributed by atoms with E-state index in [-0.39, 0.29) is 18.0 Å². The Labute approximate surface area is 139 Å². The number of likely N-dealkylation sites (tertiary alicyclic amines) is 1. The number of nitrogens with one attached hydrogen (secondary N) is 1. The Morgan fingerprint density at radius 3 is 2.78 bits per heavy atom. The number of aryl methyl sites for hydroxylation is 2. The van der Waals surface area contributed by atoms with Crippen LogP contribution in [0.25, 0.3) is 0 Å². The fraction of sp³-hybridized carbons (Fsp3) is 0.467. The number of nitrogens with zero attached hydrogens (tertiary/aromatic N) is 4. The Morgan fingerprint density at radius 1 is 1.39 bits per heavy atom. The third kappa shape index (κ3) is 3.44. The van der Waals surface area contributed by atoms with E-state index >= 15 is 0 Å². The van der Waals surface area contributed by atoms with Crippen molar-refractivity contribution in [3.05, 3.63) is 34.4 Å². The summed E-state index contributed by atoms with van der Waals surface area (Å²) in [5.74, 6) is -0.0147. The number of carbonyl (C=O) groups excluding carboxylic acids is 1. The third-order valence-electron chi connectivity index (χ3n) is 3.88. The predicted molar refractivity (Wildman–Crippen MR) is 84.7 cm³/mol. The van der Waals surface area contributed by atoms with Crippen molar-refractivity contribution in [2.75, 3.05) is 13.1 Å². The number of aromatic amines is 1. The summed E-state index contributed by atoms with van der Waals surface area (Å²) in [6.07, 6.45) is 4.60. The van der Waals surface area contributed by atoms with Gasteiger partial charge in [0, 0.05) is 12.2 Å². The minimum atomic E-state index is -0.124. The molecule has 1 amide bonds. The maximum Gasteiger partial charge on any atom is 0.316 e. The van der Waals surface area contributed by atoms with Gasteiger partial charge in [-0.2, -0.15) is 5.10 Å². The van der Waals surface area contributed by atoms with Gasteiger partial charge in [0.15, 0.2) is 0 Å². The van der Waals surface area contributed by atoms with Crippen molar-refractivity contribution in [2.24, 2.45) is 0 Å². The van der Waals surface area contributed by atoms with Crippen LogP contribution in [0.2, 0.25) is 5.02 Å². The van der Waals surface area contributed by atoms with Crippen LogP contribution in [0.1, 0.15) is 34.6 Å². The van der Waals surface area contributed by atoms with Gasteiger partial charge >= 0.3 is 6.01 Å². The molecule has 8 heteroatoms. The van der Waals surface area contributed by atoms with Crippen LogP contribution in [0, 0.1) is 13.8 Å². The van der Waals surface area contributed by atoms with Crippen molar-refractivity contribution in [3.63, 3.8) is 0 Å². The van der Waals surface area contributed by atoms with Crippen LogP contribution in [0.4, 0.5) is 0 Å². The molecule has 0 spiro atoms. The number of halogens is 1. The number of hydrogen-bond donors (Lipinski definition) is 1. The molecule has 0 aliphatic carbocycles. The van der Waals surface area contributed by atoms with Crippen LogP contribution in [0.3, 0.4) is 0 Å². The number of aromatic nitrogens is 4. The Kier molecular flexibility index (Phi) is 4.47. The van der Waals surface area contributed by atoms with E-state index in [0.717, 1.165) is 24.2 Å². The maximum absolute atomic E-state index is 12.7. The summed E-state index contributed by atoms with van der Waals surface area (Å²) < 4.78 is 5.77. The highest BCUT2D eigenvalue weighted by Crippen LogP contribution is 2.20. The summed E-state index contributed by atoms with van der Waals surface area (Å²) in [5.41, 5.74) is 2.15. The second-order valence-electron chi connectivity index (χ2n) is 5.63. The second kappa shape index (κ2) is 6.54. The lowest BCUT2D eigenvalue weighted by Gasteiger charge is -2.32. The molecule has 3 heterocycles. The van der Waals surface area contributed by atoms with E-state index in [1.54, 1.807) is 4.90 Å². The Bertz CT molecular complexity index is 681. The molecule has 2 aromatic heterocycles. The van der Waals surface area contributed by atoms with E-state index in [2.05, 4.69) is 20.2 Å². The molecule has 7 nitrogen and oxygen atoms in total. The van der Waals surface area contributed by atoms with Crippen molar-refractivity contribution >= 4 is 17.5 Å². The summed E-state index contributed by atoms with van der Waals surface area (Å²) in [5, 5.41) is 7.40. The summed E-state index contributed by atoms with van der Waals surface area (Å²) in [7, 11) is 0. The van der Waals surface area contributed by atoms with E-state index in [0.29, 0.717) is 23.7 Å². The van der Waals surface area contributed by atoms with Crippen molar-refractivity contribution in [1.29, 1.82) is 0 Å². The summed E-state index contributed by atoms with van der Waals surface area (Å²) in [6.45, 7) is 4.90. The summed E-state index contributed by atoms with van der Waals surface area (Å²) in [4.78, 5) is 22.6. The first kappa shape index (κ1) is 15.7. The molecule has 122 valence electrons. The molecule has 1 saturated heterocycles. The van der Waals surface area contributed by atoms with Crippen LogP contribution in [-0.2, 0) is 0 Å². The van der Waals surface area contributed by atoms with Crippen molar-refractivity contribution < 1.29 is 9.53 Å². The minimum absolute atomic E-state index is 0.0147. The van der Waals surface area contributed by atoms with Gasteiger partial charge in [-0.1, -0.05) is 11.6 Å². The lowest BCUT2D eigenvalue weighted by Crippen LogP contribution is -2.44. The average molecular weight is 336 g/mol. The zero-order chi connectivity index (χ0) is 16.4. The van der Waals surface area contributed by atoms with Crippen LogP contribution < -0.4 is 4.74 Å². The van der Waals surface area contributed by atoms with Gasteiger partial charge in [0.25, 0.3) is 5.91 Å². The standard InChI is InChI=1S/C15H18ClN5O2/c1-9-13(10(2)20-19-9)14(22)21-5-3-4-12(8-21)23-15-17-6-11(16)7-18-15/h6-7,12H,3-5,8H2,1-2H3,(H,19,20)/t12-/m0/s1. The molecule has 23 heavy (non-hydrogen) atoms. The first-order chi connectivity index (χ1) is 11.0. The third-order valence-corrected chi connectivity index (χ3v) is 4.07. The first-order valence-corrected chi connectivity index (χ1v) is 7.87. The zero-order valence-electron chi connectivity index (χ0n) is 13.0. The summed E-state index contributed by atoms with van der Waals surface area (Å²) >= 11 is 5.76. The van der Waals surface area contributed by atoms with Crippen molar-refractivity contribution in [3.8, 4) is 6.01 Å². The predicted octanol–water partition coefficient (Wildman–Crippen LogP) is 2.15. The molecule has 0 saturated carbocycles. The van der Waals surface area contributed by atoms with Crippen LogP contribution in [-0.4, -0.2) is 50.2 Å². The molecule has 0 unspecified atom stereocenters. The normalized spacial score (nSPS) is 18.0. The topological polar surface area (TPSA) is 84.0 Å².